The van der Waals surface area contributed by atoms with E-state index in [0.717, 1.165) is 25.9 Å². The maximum atomic E-state index is 12.8. The van der Waals surface area contributed by atoms with Crippen LogP contribution < -0.4 is 11.2 Å². The van der Waals surface area contributed by atoms with Crippen LogP contribution in [0.25, 0.3) is 21.8 Å². The monoisotopic (exact) mass is 423 g/mol. The molecule has 0 saturated heterocycles. The summed E-state index contributed by atoms with van der Waals surface area (Å²) in [7, 11) is 1.22. The lowest BCUT2D eigenvalue weighted by atomic mass is 10.0. The summed E-state index contributed by atoms with van der Waals surface area (Å²) in [6.45, 7) is 5.59. The summed E-state index contributed by atoms with van der Waals surface area (Å²) in [5, 5.41) is 1.50. The molecule has 0 fully saturated rings. The SMILES string of the molecule is COC(=O)[C@@H](C)n1c(=O)[nH]c2cc(Cc3snc4cc(C)cc(C)c34)ccc2c1=O. The van der Waals surface area contributed by atoms with E-state index in [0.29, 0.717) is 17.3 Å². The number of nitrogens with one attached hydrogen (secondary N) is 1. The molecular formula is C22H21N3O4S. The lowest BCUT2D eigenvalue weighted by Crippen LogP contribution is -2.40. The minimum absolute atomic E-state index is 0.343. The van der Waals surface area contributed by atoms with Crippen LogP contribution in [-0.2, 0) is 16.0 Å². The summed E-state index contributed by atoms with van der Waals surface area (Å²) in [6.07, 6.45) is 0.644. The zero-order chi connectivity index (χ0) is 21.6. The first-order chi connectivity index (χ1) is 14.3. The van der Waals surface area contributed by atoms with Crippen LogP contribution in [0.2, 0.25) is 0 Å². The number of hydrogen-bond acceptors (Lipinski definition) is 6. The number of ether oxygens (including phenoxy) is 1. The van der Waals surface area contributed by atoms with Crippen LogP contribution in [0.3, 0.4) is 0 Å². The molecule has 0 bridgehead atoms. The van der Waals surface area contributed by atoms with Crippen molar-refractivity contribution in [2.75, 3.05) is 7.11 Å². The molecule has 2 aromatic carbocycles. The Labute approximate surface area is 176 Å². The van der Waals surface area contributed by atoms with E-state index in [9.17, 15) is 14.4 Å². The number of nitrogens with zero attached hydrogens (tertiary/aromatic N) is 2. The first-order valence-electron chi connectivity index (χ1n) is 9.51. The number of rotatable bonds is 4. The first-order valence-corrected chi connectivity index (χ1v) is 10.3. The Morgan fingerprint density at radius 1 is 1.23 bits per heavy atom. The number of benzene rings is 2. The van der Waals surface area contributed by atoms with Crippen LogP contribution in [0.15, 0.2) is 39.9 Å². The van der Waals surface area contributed by atoms with Crippen LogP contribution in [-0.4, -0.2) is 27.0 Å². The molecule has 2 heterocycles. The third kappa shape index (κ3) is 3.33. The van der Waals surface area contributed by atoms with Crippen LogP contribution in [0.4, 0.5) is 0 Å². The Hall–Kier alpha value is -3.26. The molecule has 0 aliphatic heterocycles. The number of hydrogen-bond donors (Lipinski definition) is 1. The average molecular weight is 423 g/mol. The third-order valence-electron chi connectivity index (χ3n) is 5.28. The molecule has 4 aromatic rings. The first kappa shape index (κ1) is 20.0. The van der Waals surface area contributed by atoms with Crippen LogP contribution in [0, 0.1) is 13.8 Å². The van der Waals surface area contributed by atoms with Crippen molar-refractivity contribution in [2.24, 2.45) is 0 Å². The van der Waals surface area contributed by atoms with Crippen molar-refractivity contribution in [3.05, 3.63) is 72.7 Å². The van der Waals surface area contributed by atoms with Crippen molar-refractivity contribution in [3.63, 3.8) is 0 Å². The zero-order valence-corrected chi connectivity index (χ0v) is 17.9. The Bertz CT molecular complexity index is 1410. The highest BCUT2D eigenvalue weighted by atomic mass is 32.1. The van der Waals surface area contributed by atoms with Crippen molar-refractivity contribution >= 4 is 39.3 Å². The molecule has 7 nitrogen and oxygen atoms in total. The number of aromatic nitrogens is 3. The number of H-pyrrole nitrogens is 1. The fraction of sp³-hybridized carbons (Fsp3) is 0.273. The highest BCUT2D eigenvalue weighted by Gasteiger charge is 2.21. The van der Waals surface area contributed by atoms with Gasteiger partial charge < -0.3 is 9.72 Å². The van der Waals surface area contributed by atoms with Gasteiger partial charge in [-0.15, -0.1) is 0 Å². The molecule has 1 N–H and O–H groups in total. The predicted molar refractivity (Wildman–Crippen MR) is 117 cm³/mol. The fourth-order valence-corrected chi connectivity index (χ4v) is 4.79. The normalized spacial score (nSPS) is 12.4. The van der Waals surface area contributed by atoms with Gasteiger partial charge in [0.1, 0.15) is 6.04 Å². The lowest BCUT2D eigenvalue weighted by molar-refractivity contribution is -0.144. The second-order valence-electron chi connectivity index (χ2n) is 7.44. The molecule has 8 heteroatoms. The van der Waals surface area contributed by atoms with E-state index in [1.54, 1.807) is 12.1 Å². The summed E-state index contributed by atoms with van der Waals surface area (Å²) in [4.78, 5) is 41.0. The Morgan fingerprint density at radius 3 is 2.73 bits per heavy atom. The van der Waals surface area contributed by atoms with E-state index >= 15 is 0 Å². The molecule has 0 amide bonds. The molecular weight excluding hydrogens is 402 g/mol. The number of fused-ring (bicyclic) bond motifs is 2. The van der Waals surface area contributed by atoms with E-state index in [-0.39, 0.29) is 0 Å². The minimum atomic E-state index is -1.01. The van der Waals surface area contributed by atoms with Gasteiger partial charge in [0, 0.05) is 16.7 Å². The smallest absolute Gasteiger partial charge is 0.329 e. The van der Waals surface area contributed by atoms with Gasteiger partial charge in [-0.2, -0.15) is 4.37 Å². The summed E-state index contributed by atoms with van der Waals surface area (Å²) in [6, 6.07) is 8.56. The van der Waals surface area contributed by atoms with Crippen molar-refractivity contribution in [1.29, 1.82) is 0 Å². The van der Waals surface area contributed by atoms with E-state index < -0.39 is 23.3 Å². The second-order valence-corrected chi connectivity index (χ2v) is 8.30. The molecule has 0 aliphatic carbocycles. The van der Waals surface area contributed by atoms with Gasteiger partial charge in [-0.1, -0.05) is 12.1 Å². The van der Waals surface area contributed by atoms with Gasteiger partial charge >= 0.3 is 11.7 Å². The van der Waals surface area contributed by atoms with Crippen LogP contribution in [0.1, 0.15) is 34.5 Å². The third-order valence-corrected chi connectivity index (χ3v) is 6.14. The van der Waals surface area contributed by atoms with Crippen molar-refractivity contribution in [3.8, 4) is 0 Å². The quantitative estimate of drug-likeness (QED) is 0.509. The number of esters is 1. The molecule has 0 radical (unpaired) electrons. The number of aryl methyl sites for hydroxylation is 2. The van der Waals surface area contributed by atoms with Gasteiger partial charge in [0.25, 0.3) is 5.56 Å². The highest BCUT2D eigenvalue weighted by molar-refractivity contribution is 7.07. The van der Waals surface area contributed by atoms with E-state index in [1.807, 2.05) is 6.07 Å². The lowest BCUT2D eigenvalue weighted by Gasteiger charge is -2.12. The van der Waals surface area contributed by atoms with Crippen molar-refractivity contribution in [1.82, 2.24) is 13.9 Å². The molecule has 1 atom stereocenters. The maximum absolute atomic E-state index is 12.8. The van der Waals surface area contributed by atoms with Crippen LogP contribution in [0.5, 0.6) is 0 Å². The molecule has 2 aromatic heterocycles. The summed E-state index contributed by atoms with van der Waals surface area (Å²) < 4.78 is 10.1. The number of aromatic amines is 1. The predicted octanol–water partition coefficient (Wildman–Crippen LogP) is 3.24. The highest BCUT2D eigenvalue weighted by Crippen LogP contribution is 2.29. The molecule has 0 saturated carbocycles. The Morgan fingerprint density at radius 2 is 2.00 bits per heavy atom. The van der Waals surface area contributed by atoms with Gasteiger partial charge in [0.15, 0.2) is 0 Å². The second kappa shape index (κ2) is 7.53. The number of carbonyl (C=O) groups excluding carboxylic acids is 1. The topological polar surface area (TPSA) is 94.1 Å². The van der Waals surface area contributed by atoms with Crippen LogP contribution >= 0.6 is 11.5 Å². The molecule has 30 heavy (non-hydrogen) atoms. The summed E-state index contributed by atoms with van der Waals surface area (Å²) in [5.41, 5.74) is 3.59. The van der Waals surface area contributed by atoms with Gasteiger partial charge in [0.05, 0.1) is 23.5 Å². The van der Waals surface area contributed by atoms with Crippen molar-refractivity contribution < 1.29 is 9.53 Å². The maximum Gasteiger partial charge on any atom is 0.329 e. The standard InChI is InChI=1S/C22H21N3O4S/c1-11-7-12(2)19-17(8-11)24-30-18(19)10-14-5-6-15-16(9-14)23-22(28)25(20(15)26)13(3)21(27)29-4/h5-9,13H,10H2,1-4H3,(H,23,28)/t13-/m1/s1. The van der Waals surface area contributed by atoms with E-state index in [2.05, 4.69) is 40.1 Å². The van der Waals surface area contributed by atoms with E-state index in [4.69, 9.17) is 0 Å². The minimum Gasteiger partial charge on any atom is -0.467 e. The molecule has 0 spiro atoms. The molecule has 4 rings (SSSR count). The van der Waals surface area contributed by atoms with Gasteiger partial charge in [0.2, 0.25) is 0 Å². The van der Waals surface area contributed by atoms with Gasteiger partial charge in [-0.05, 0) is 67.2 Å². The average Bonchev–Trinajstić information content (AvgIpc) is 3.09. The summed E-state index contributed by atoms with van der Waals surface area (Å²) >= 11 is 1.47. The van der Waals surface area contributed by atoms with Gasteiger partial charge in [-0.3, -0.25) is 4.79 Å². The van der Waals surface area contributed by atoms with E-state index in [1.165, 1.54) is 36.7 Å². The Balaban J connectivity index is 1.77. The molecule has 154 valence electrons. The van der Waals surface area contributed by atoms with Gasteiger partial charge in [-0.25, -0.2) is 14.2 Å². The molecule has 0 unspecified atom stereocenters. The number of methoxy groups -OCH3 is 1. The largest absolute Gasteiger partial charge is 0.467 e. The zero-order valence-electron chi connectivity index (χ0n) is 17.1. The Kier molecular flexibility index (Phi) is 5.03. The number of carbonyl (C=O) groups is 1. The summed E-state index contributed by atoms with van der Waals surface area (Å²) in [5.74, 6) is -0.652. The molecule has 0 aliphatic rings. The van der Waals surface area contributed by atoms with Crippen molar-refractivity contribution in [2.45, 2.75) is 33.2 Å². The fourth-order valence-electron chi connectivity index (χ4n) is 3.85.